The number of nitrogens with zero attached hydrogens (tertiary/aromatic N) is 1. The van der Waals surface area contributed by atoms with Gasteiger partial charge in [-0.3, -0.25) is 0 Å². The molecule has 3 aromatic rings. The summed E-state index contributed by atoms with van der Waals surface area (Å²) in [7, 11) is 0. The molecular formula is C19H19BrN2. The van der Waals surface area contributed by atoms with E-state index >= 15 is 0 Å². The zero-order valence-electron chi connectivity index (χ0n) is 12.4. The average Bonchev–Trinajstić information content (AvgIpc) is 2.98. The van der Waals surface area contributed by atoms with E-state index in [0.717, 1.165) is 36.0 Å². The fourth-order valence-corrected chi connectivity index (χ4v) is 2.81. The number of benzene rings is 2. The lowest BCUT2D eigenvalue weighted by atomic mass is 10.1. The van der Waals surface area contributed by atoms with Crippen LogP contribution >= 0.6 is 15.9 Å². The lowest BCUT2D eigenvalue weighted by Gasteiger charge is -2.00. The third-order valence-electron chi connectivity index (χ3n) is 3.71. The Bertz CT molecular complexity index is 702. The summed E-state index contributed by atoms with van der Waals surface area (Å²) >= 11 is 3.46. The Kier molecular flexibility index (Phi) is 5.07. The topological polar surface area (TPSA) is 28.7 Å². The quantitative estimate of drug-likeness (QED) is 0.667. The van der Waals surface area contributed by atoms with Gasteiger partial charge < -0.3 is 4.98 Å². The first kappa shape index (κ1) is 15.0. The van der Waals surface area contributed by atoms with Crippen LogP contribution in [0.25, 0.3) is 0 Å². The van der Waals surface area contributed by atoms with E-state index in [1.54, 1.807) is 0 Å². The highest BCUT2D eigenvalue weighted by molar-refractivity contribution is 9.10. The molecule has 0 aliphatic carbocycles. The van der Waals surface area contributed by atoms with E-state index in [1.807, 2.05) is 6.20 Å². The van der Waals surface area contributed by atoms with Gasteiger partial charge in [-0.1, -0.05) is 58.4 Å². The molecule has 0 radical (unpaired) electrons. The summed E-state index contributed by atoms with van der Waals surface area (Å²) in [6.07, 6.45) is 6.08. The van der Waals surface area contributed by atoms with Crippen LogP contribution in [0.4, 0.5) is 0 Å². The SMILES string of the molecule is Brc1ccc(Cc2cnc(CCCc3ccccc3)[nH]2)cc1. The number of halogens is 1. The van der Waals surface area contributed by atoms with E-state index in [0.29, 0.717) is 0 Å². The van der Waals surface area contributed by atoms with Crippen molar-refractivity contribution in [3.8, 4) is 0 Å². The van der Waals surface area contributed by atoms with Gasteiger partial charge in [-0.25, -0.2) is 4.98 Å². The molecule has 1 heterocycles. The Balaban J connectivity index is 1.51. The minimum absolute atomic E-state index is 0.902. The maximum absolute atomic E-state index is 4.50. The minimum Gasteiger partial charge on any atom is -0.346 e. The number of nitrogens with one attached hydrogen (secondary N) is 1. The van der Waals surface area contributed by atoms with Gasteiger partial charge in [-0.15, -0.1) is 0 Å². The first-order chi connectivity index (χ1) is 10.8. The molecule has 0 atom stereocenters. The van der Waals surface area contributed by atoms with Crippen molar-refractivity contribution < 1.29 is 0 Å². The molecule has 0 bridgehead atoms. The van der Waals surface area contributed by atoms with Crippen molar-refractivity contribution >= 4 is 15.9 Å². The summed E-state index contributed by atoms with van der Waals surface area (Å²) in [4.78, 5) is 7.94. The Labute approximate surface area is 139 Å². The molecule has 0 aliphatic rings. The lowest BCUT2D eigenvalue weighted by Crippen LogP contribution is -1.93. The summed E-state index contributed by atoms with van der Waals surface area (Å²) in [5, 5.41) is 0. The van der Waals surface area contributed by atoms with Gasteiger partial charge in [0.2, 0.25) is 0 Å². The number of aromatic nitrogens is 2. The standard InChI is InChI=1S/C19H19BrN2/c20-17-11-9-16(10-12-17)13-18-14-21-19(22-18)8-4-7-15-5-2-1-3-6-15/h1-3,5-6,9-12,14H,4,7-8,13H2,(H,21,22). The number of hydrogen-bond acceptors (Lipinski definition) is 1. The monoisotopic (exact) mass is 354 g/mol. The maximum Gasteiger partial charge on any atom is 0.106 e. The Morgan fingerprint density at radius 2 is 1.64 bits per heavy atom. The number of rotatable bonds is 6. The van der Waals surface area contributed by atoms with Gasteiger partial charge in [-0.2, -0.15) is 0 Å². The molecule has 0 saturated carbocycles. The van der Waals surface area contributed by atoms with Gasteiger partial charge in [0.25, 0.3) is 0 Å². The van der Waals surface area contributed by atoms with Gasteiger partial charge >= 0.3 is 0 Å². The molecule has 1 N–H and O–H groups in total. The van der Waals surface area contributed by atoms with Crippen molar-refractivity contribution in [1.82, 2.24) is 9.97 Å². The van der Waals surface area contributed by atoms with E-state index < -0.39 is 0 Å². The minimum atomic E-state index is 0.902. The second kappa shape index (κ2) is 7.41. The van der Waals surface area contributed by atoms with Crippen molar-refractivity contribution in [2.24, 2.45) is 0 Å². The molecule has 0 fully saturated rings. The van der Waals surface area contributed by atoms with E-state index in [4.69, 9.17) is 0 Å². The second-order valence-corrected chi connectivity index (χ2v) is 6.41. The van der Waals surface area contributed by atoms with E-state index in [2.05, 4.69) is 80.5 Å². The summed E-state index contributed by atoms with van der Waals surface area (Å²) in [5.74, 6) is 1.09. The third kappa shape index (κ3) is 4.31. The Hall–Kier alpha value is -1.87. The normalized spacial score (nSPS) is 10.8. The van der Waals surface area contributed by atoms with Crippen molar-refractivity contribution in [2.75, 3.05) is 0 Å². The third-order valence-corrected chi connectivity index (χ3v) is 4.24. The molecule has 0 saturated heterocycles. The van der Waals surface area contributed by atoms with Crippen LogP contribution in [0.2, 0.25) is 0 Å². The molecule has 0 spiro atoms. The molecular weight excluding hydrogens is 336 g/mol. The number of H-pyrrole nitrogens is 1. The van der Waals surface area contributed by atoms with Crippen molar-refractivity contribution in [3.63, 3.8) is 0 Å². The molecule has 1 aromatic heterocycles. The van der Waals surface area contributed by atoms with Crippen LogP contribution in [-0.2, 0) is 19.3 Å². The van der Waals surface area contributed by atoms with Crippen molar-refractivity contribution in [2.45, 2.75) is 25.7 Å². The number of aryl methyl sites for hydroxylation is 2. The van der Waals surface area contributed by atoms with Crippen LogP contribution in [0, 0.1) is 0 Å². The molecule has 0 aliphatic heterocycles. The van der Waals surface area contributed by atoms with E-state index in [9.17, 15) is 0 Å². The second-order valence-electron chi connectivity index (χ2n) is 5.50. The number of aromatic amines is 1. The molecule has 3 heteroatoms. The first-order valence-corrected chi connectivity index (χ1v) is 8.40. The molecule has 3 rings (SSSR count). The van der Waals surface area contributed by atoms with Crippen LogP contribution in [0.15, 0.2) is 65.3 Å². The molecule has 2 nitrogen and oxygen atoms in total. The van der Waals surface area contributed by atoms with Gasteiger partial charge in [0, 0.05) is 29.2 Å². The average molecular weight is 355 g/mol. The summed E-state index contributed by atoms with van der Waals surface area (Å²) in [5.41, 5.74) is 3.86. The summed E-state index contributed by atoms with van der Waals surface area (Å²) < 4.78 is 1.11. The van der Waals surface area contributed by atoms with Gasteiger partial charge in [0.05, 0.1) is 0 Å². The highest BCUT2D eigenvalue weighted by Crippen LogP contribution is 2.14. The largest absolute Gasteiger partial charge is 0.346 e. The summed E-state index contributed by atoms with van der Waals surface area (Å²) in [6.45, 7) is 0. The van der Waals surface area contributed by atoms with Gasteiger partial charge in [0.15, 0.2) is 0 Å². The number of imidazole rings is 1. The fraction of sp³-hybridized carbons (Fsp3) is 0.211. The molecule has 2 aromatic carbocycles. The first-order valence-electron chi connectivity index (χ1n) is 7.61. The smallest absolute Gasteiger partial charge is 0.106 e. The predicted molar refractivity (Wildman–Crippen MR) is 94.0 cm³/mol. The lowest BCUT2D eigenvalue weighted by molar-refractivity contribution is 0.780. The maximum atomic E-state index is 4.50. The Morgan fingerprint density at radius 1 is 0.864 bits per heavy atom. The molecule has 0 amide bonds. The predicted octanol–water partition coefficient (Wildman–Crippen LogP) is 4.94. The van der Waals surface area contributed by atoms with E-state index in [1.165, 1.54) is 16.8 Å². The zero-order chi connectivity index (χ0) is 15.2. The Morgan fingerprint density at radius 3 is 2.41 bits per heavy atom. The fourth-order valence-electron chi connectivity index (χ4n) is 2.55. The van der Waals surface area contributed by atoms with E-state index in [-0.39, 0.29) is 0 Å². The zero-order valence-corrected chi connectivity index (χ0v) is 14.0. The van der Waals surface area contributed by atoms with Gasteiger partial charge in [0.1, 0.15) is 5.82 Å². The molecule has 22 heavy (non-hydrogen) atoms. The highest BCUT2D eigenvalue weighted by atomic mass is 79.9. The number of hydrogen-bond donors (Lipinski definition) is 1. The van der Waals surface area contributed by atoms with Crippen LogP contribution in [0.3, 0.4) is 0 Å². The molecule has 0 unspecified atom stereocenters. The van der Waals surface area contributed by atoms with Crippen LogP contribution < -0.4 is 0 Å². The van der Waals surface area contributed by atoms with Crippen LogP contribution in [0.5, 0.6) is 0 Å². The highest BCUT2D eigenvalue weighted by Gasteiger charge is 2.03. The van der Waals surface area contributed by atoms with Gasteiger partial charge in [-0.05, 0) is 36.1 Å². The van der Waals surface area contributed by atoms with Crippen molar-refractivity contribution in [1.29, 1.82) is 0 Å². The van der Waals surface area contributed by atoms with Crippen LogP contribution in [-0.4, -0.2) is 9.97 Å². The van der Waals surface area contributed by atoms with Crippen LogP contribution in [0.1, 0.15) is 29.1 Å². The molecule has 112 valence electrons. The van der Waals surface area contributed by atoms with Crippen molar-refractivity contribution in [3.05, 3.63) is 87.9 Å². The summed E-state index contributed by atoms with van der Waals surface area (Å²) in [6, 6.07) is 19.0.